The molecule has 2 aromatic heterocycles. The van der Waals surface area contributed by atoms with E-state index in [1.807, 2.05) is 12.1 Å². The van der Waals surface area contributed by atoms with Gasteiger partial charge in [0.2, 0.25) is 0 Å². The van der Waals surface area contributed by atoms with E-state index < -0.39 is 0 Å². The zero-order chi connectivity index (χ0) is 14.1. The Morgan fingerprint density at radius 1 is 1.15 bits per heavy atom. The largest absolute Gasteiger partial charge is 0.497 e. The first kappa shape index (κ1) is 12.2. The molecule has 0 aliphatic rings. The highest BCUT2D eigenvalue weighted by Gasteiger charge is 2.07. The van der Waals surface area contributed by atoms with Crippen molar-refractivity contribution in [1.29, 1.82) is 0 Å². The quantitative estimate of drug-likeness (QED) is 0.772. The highest BCUT2D eigenvalue weighted by Crippen LogP contribution is 2.20. The molecule has 0 amide bonds. The zero-order valence-electron chi connectivity index (χ0n) is 10.8. The Bertz CT molecular complexity index is 823. The monoisotopic (exact) mass is 268 g/mol. The third-order valence-electron chi connectivity index (χ3n) is 3.05. The van der Waals surface area contributed by atoms with Crippen molar-refractivity contribution >= 4 is 5.65 Å². The third-order valence-corrected chi connectivity index (χ3v) is 3.05. The molecule has 0 unspecified atom stereocenters. The molecular formula is C15H12N2O3. The van der Waals surface area contributed by atoms with E-state index in [9.17, 15) is 9.90 Å². The molecule has 3 aromatic rings. The van der Waals surface area contributed by atoms with Crippen molar-refractivity contribution in [2.45, 2.75) is 0 Å². The number of hydrogen-bond acceptors (Lipinski definition) is 4. The fourth-order valence-electron chi connectivity index (χ4n) is 2.05. The van der Waals surface area contributed by atoms with E-state index in [2.05, 4.69) is 4.98 Å². The lowest BCUT2D eigenvalue weighted by Gasteiger charge is -2.06. The molecule has 0 saturated carbocycles. The molecule has 0 atom stereocenters. The van der Waals surface area contributed by atoms with Crippen LogP contribution in [0.2, 0.25) is 0 Å². The van der Waals surface area contributed by atoms with Crippen molar-refractivity contribution < 1.29 is 9.84 Å². The smallest absolute Gasteiger partial charge is 0.261 e. The number of methoxy groups -OCH3 is 1. The summed E-state index contributed by atoms with van der Waals surface area (Å²) in [5.74, 6) is 0.616. The van der Waals surface area contributed by atoms with Crippen LogP contribution >= 0.6 is 0 Å². The maximum Gasteiger partial charge on any atom is 0.261 e. The maximum atomic E-state index is 12.1. The van der Waals surface area contributed by atoms with Gasteiger partial charge >= 0.3 is 0 Å². The molecule has 0 saturated heterocycles. The second-order valence-corrected chi connectivity index (χ2v) is 4.29. The van der Waals surface area contributed by atoms with E-state index in [4.69, 9.17) is 4.74 Å². The summed E-state index contributed by atoms with van der Waals surface area (Å²) in [6, 6.07) is 13.4. The first-order chi connectivity index (χ1) is 9.69. The van der Waals surface area contributed by atoms with Crippen LogP contribution in [-0.2, 0) is 0 Å². The SMILES string of the molecule is COc1ccc(-c2cc(=O)n3c(O)cccc3n2)cc1. The first-order valence-corrected chi connectivity index (χ1v) is 6.05. The van der Waals surface area contributed by atoms with E-state index in [0.717, 1.165) is 15.7 Å². The molecule has 0 fully saturated rings. The van der Waals surface area contributed by atoms with Gasteiger partial charge in [0, 0.05) is 11.6 Å². The summed E-state index contributed by atoms with van der Waals surface area (Å²) in [5, 5.41) is 9.69. The summed E-state index contributed by atoms with van der Waals surface area (Å²) in [5.41, 5.74) is 1.46. The Labute approximate surface area is 114 Å². The highest BCUT2D eigenvalue weighted by atomic mass is 16.5. The predicted molar refractivity (Wildman–Crippen MR) is 75.1 cm³/mol. The third kappa shape index (κ3) is 1.99. The summed E-state index contributed by atoms with van der Waals surface area (Å²) in [7, 11) is 1.60. The van der Waals surface area contributed by atoms with Gasteiger partial charge in [0.15, 0.2) is 5.88 Å². The highest BCUT2D eigenvalue weighted by molar-refractivity contribution is 5.62. The van der Waals surface area contributed by atoms with Crippen LogP contribution in [0.3, 0.4) is 0 Å². The second kappa shape index (κ2) is 4.70. The molecular weight excluding hydrogens is 256 g/mol. The van der Waals surface area contributed by atoms with Crippen molar-refractivity contribution in [2.75, 3.05) is 7.11 Å². The molecule has 1 aromatic carbocycles. The topological polar surface area (TPSA) is 63.8 Å². The van der Waals surface area contributed by atoms with Gasteiger partial charge in [-0.3, -0.25) is 4.79 Å². The summed E-state index contributed by atoms with van der Waals surface area (Å²) in [6.45, 7) is 0. The van der Waals surface area contributed by atoms with Crippen molar-refractivity contribution in [1.82, 2.24) is 9.38 Å². The lowest BCUT2D eigenvalue weighted by molar-refractivity contribution is 0.415. The van der Waals surface area contributed by atoms with Gasteiger partial charge in [-0.2, -0.15) is 0 Å². The molecule has 5 heteroatoms. The van der Waals surface area contributed by atoms with Crippen molar-refractivity contribution in [2.24, 2.45) is 0 Å². The Hall–Kier alpha value is -2.82. The molecule has 1 N–H and O–H groups in total. The summed E-state index contributed by atoms with van der Waals surface area (Å²) in [6.07, 6.45) is 0. The average molecular weight is 268 g/mol. The lowest BCUT2D eigenvalue weighted by atomic mass is 10.1. The van der Waals surface area contributed by atoms with Gasteiger partial charge in [-0.1, -0.05) is 6.07 Å². The van der Waals surface area contributed by atoms with Gasteiger partial charge < -0.3 is 9.84 Å². The van der Waals surface area contributed by atoms with Crippen LogP contribution in [0.1, 0.15) is 0 Å². The van der Waals surface area contributed by atoms with E-state index in [1.54, 1.807) is 31.4 Å². The first-order valence-electron chi connectivity index (χ1n) is 6.05. The summed E-state index contributed by atoms with van der Waals surface area (Å²) < 4.78 is 6.26. The number of rotatable bonds is 2. The van der Waals surface area contributed by atoms with Crippen LogP contribution in [0.4, 0.5) is 0 Å². The minimum atomic E-state index is -0.320. The number of aromatic nitrogens is 2. The van der Waals surface area contributed by atoms with Crippen LogP contribution in [0, 0.1) is 0 Å². The van der Waals surface area contributed by atoms with Gasteiger partial charge in [0.05, 0.1) is 12.8 Å². The van der Waals surface area contributed by atoms with Crippen LogP contribution < -0.4 is 10.3 Å². The fourth-order valence-corrected chi connectivity index (χ4v) is 2.05. The van der Waals surface area contributed by atoms with Gasteiger partial charge in [-0.15, -0.1) is 0 Å². The van der Waals surface area contributed by atoms with Gasteiger partial charge in [-0.25, -0.2) is 9.38 Å². The number of fused-ring (bicyclic) bond motifs is 1. The lowest BCUT2D eigenvalue weighted by Crippen LogP contribution is -2.14. The molecule has 0 aliphatic heterocycles. The number of nitrogens with zero attached hydrogens (tertiary/aromatic N) is 2. The maximum absolute atomic E-state index is 12.1. The molecule has 2 heterocycles. The van der Waals surface area contributed by atoms with Gasteiger partial charge in [0.25, 0.3) is 5.56 Å². The van der Waals surface area contributed by atoms with Crippen molar-refractivity contribution in [3.05, 3.63) is 58.9 Å². The molecule has 0 spiro atoms. The van der Waals surface area contributed by atoms with E-state index in [0.29, 0.717) is 11.3 Å². The number of aromatic hydroxyl groups is 1. The van der Waals surface area contributed by atoms with Crippen LogP contribution in [-0.4, -0.2) is 21.6 Å². The molecule has 5 nitrogen and oxygen atoms in total. The van der Waals surface area contributed by atoms with Crippen LogP contribution in [0.15, 0.2) is 53.3 Å². The van der Waals surface area contributed by atoms with Crippen molar-refractivity contribution in [3.8, 4) is 22.9 Å². The Kier molecular flexibility index (Phi) is 2.87. The Balaban J connectivity index is 2.19. The molecule has 3 rings (SSSR count). The summed E-state index contributed by atoms with van der Waals surface area (Å²) >= 11 is 0. The van der Waals surface area contributed by atoms with Crippen molar-refractivity contribution in [3.63, 3.8) is 0 Å². The standard InChI is InChI=1S/C15H12N2O3/c1-20-11-7-5-10(6-8-11)12-9-15(19)17-13(16-12)3-2-4-14(17)18/h2-9,18H,1H3. The number of pyridine rings is 1. The van der Waals surface area contributed by atoms with E-state index in [1.165, 1.54) is 12.1 Å². The normalized spacial score (nSPS) is 10.7. The van der Waals surface area contributed by atoms with Crippen LogP contribution in [0.5, 0.6) is 11.6 Å². The Morgan fingerprint density at radius 3 is 2.60 bits per heavy atom. The van der Waals surface area contributed by atoms with E-state index >= 15 is 0 Å². The number of ether oxygens (including phenoxy) is 1. The summed E-state index contributed by atoms with van der Waals surface area (Å²) in [4.78, 5) is 16.4. The molecule has 100 valence electrons. The minimum Gasteiger partial charge on any atom is -0.497 e. The molecule has 0 bridgehead atoms. The number of benzene rings is 1. The molecule has 0 aliphatic carbocycles. The fraction of sp³-hybridized carbons (Fsp3) is 0.0667. The average Bonchev–Trinajstić information content (AvgIpc) is 2.47. The molecule has 20 heavy (non-hydrogen) atoms. The van der Waals surface area contributed by atoms with E-state index in [-0.39, 0.29) is 11.4 Å². The minimum absolute atomic E-state index is 0.124. The zero-order valence-corrected chi connectivity index (χ0v) is 10.8. The predicted octanol–water partition coefficient (Wildman–Crippen LogP) is 2.08. The van der Waals surface area contributed by atoms with Gasteiger partial charge in [-0.05, 0) is 36.4 Å². The van der Waals surface area contributed by atoms with Gasteiger partial charge in [0.1, 0.15) is 11.4 Å². The molecule has 0 radical (unpaired) electrons. The number of hydrogen-bond donors (Lipinski definition) is 1. The van der Waals surface area contributed by atoms with Crippen LogP contribution in [0.25, 0.3) is 16.9 Å². The second-order valence-electron chi connectivity index (χ2n) is 4.29. The Morgan fingerprint density at radius 2 is 1.90 bits per heavy atom.